The molecular formula is C56H44BCl3N12O2. The van der Waals surface area contributed by atoms with Crippen LogP contribution in [0.5, 0.6) is 0 Å². The van der Waals surface area contributed by atoms with Crippen LogP contribution in [0.25, 0.3) is 55.4 Å². The van der Waals surface area contributed by atoms with Gasteiger partial charge < -0.3 is 31.3 Å². The van der Waals surface area contributed by atoms with Crippen LogP contribution in [0.4, 0.5) is 23.3 Å². The van der Waals surface area contributed by atoms with Gasteiger partial charge in [-0.2, -0.15) is 10.5 Å². The average molecular weight is 1030 g/mol. The van der Waals surface area contributed by atoms with Gasteiger partial charge in [0.25, 0.3) is 0 Å². The van der Waals surface area contributed by atoms with Crippen LogP contribution in [-0.4, -0.2) is 73.2 Å². The molecule has 10 aromatic rings. The summed E-state index contributed by atoms with van der Waals surface area (Å²) in [7, 11) is -1.52. The van der Waals surface area contributed by atoms with Crippen molar-refractivity contribution < 1.29 is 10.0 Å². The quantitative estimate of drug-likeness (QED) is 0.0340. The molecule has 0 aliphatic carbocycles. The van der Waals surface area contributed by atoms with Gasteiger partial charge in [0.1, 0.15) is 35.4 Å². The van der Waals surface area contributed by atoms with Gasteiger partial charge in [-0.3, -0.25) is 0 Å². The smallest absolute Gasteiger partial charge is 0.423 e. The largest absolute Gasteiger partial charge is 0.489 e. The highest BCUT2D eigenvalue weighted by atomic mass is 35.5. The van der Waals surface area contributed by atoms with E-state index in [-0.39, 0.29) is 5.28 Å². The highest BCUT2D eigenvalue weighted by Gasteiger charge is 2.18. The SMILES string of the molecule is N#Cc1ccc(NCCNc2nc(-c3cc(Cl)ccc3-c3ccccc3)nc3ccccc23)nc1.N#Cc1ccc(NCCNc2nc(Cl)nc3ccccc23)nc1.OB(O)c1cc(Cl)ccc1-c1ccccc1. The van der Waals surface area contributed by atoms with Crippen molar-refractivity contribution in [2.24, 2.45) is 0 Å². The third-order valence-corrected chi connectivity index (χ3v) is 11.7. The van der Waals surface area contributed by atoms with Crippen molar-refractivity contribution in [1.82, 2.24) is 29.9 Å². The zero-order valence-electron chi connectivity index (χ0n) is 39.3. The first kappa shape index (κ1) is 51.7. The maximum Gasteiger partial charge on any atom is 0.489 e. The Morgan fingerprint density at radius 3 is 1.46 bits per heavy atom. The lowest BCUT2D eigenvalue weighted by Crippen LogP contribution is -2.31. The minimum absolute atomic E-state index is 0.216. The number of fused-ring (bicyclic) bond motifs is 2. The van der Waals surface area contributed by atoms with E-state index < -0.39 is 7.12 Å². The van der Waals surface area contributed by atoms with Crippen molar-refractivity contribution in [1.29, 1.82) is 10.5 Å². The predicted molar refractivity (Wildman–Crippen MR) is 299 cm³/mol. The Bertz CT molecular complexity index is 3570. The zero-order chi connectivity index (χ0) is 51.7. The van der Waals surface area contributed by atoms with Gasteiger partial charge in [-0.1, -0.05) is 120 Å². The Kier molecular flexibility index (Phi) is 17.9. The molecule has 10 rings (SSSR count). The average Bonchev–Trinajstić information content (AvgIpc) is 3.44. The van der Waals surface area contributed by atoms with Crippen LogP contribution in [-0.2, 0) is 0 Å². The highest BCUT2D eigenvalue weighted by molar-refractivity contribution is 6.61. The van der Waals surface area contributed by atoms with E-state index in [1.807, 2.05) is 121 Å². The standard InChI is InChI=1S/C28H21ClN6.C16H13ClN6.C12H10BClO2/c29-21-11-12-22(20-6-2-1-3-7-20)24(16-21)28-34-25-9-5-4-8-23(25)27(35-28)32-15-14-31-26-13-10-19(17-30)18-33-26;17-16-22-13-4-2-1-3-12(13)15(23-16)20-8-7-19-14-6-5-11(9-18)10-21-14;14-10-6-7-11(12(8-10)13(15)16)9-4-2-1-3-5-9/h1-13,16,18H,14-15H2,(H,31,33)(H,32,34,35);1-6,10H,7-8H2,(H,19,21)(H,20,22,23);1-8,15-16H. The fraction of sp³-hybridized carbons (Fsp3) is 0.0714. The maximum absolute atomic E-state index is 9.29. The zero-order valence-corrected chi connectivity index (χ0v) is 41.6. The van der Waals surface area contributed by atoms with Crippen LogP contribution in [0, 0.1) is 22.7 Å². The van der Waals surface area contributed by atoms with E-state index in [2.05, 4.69) is 59.4 Å². The molecule has 0 bridgehead atoms. The second-order valence-corrected chi connectivity index (χ2v) is 17.3. The van der Waals surface area contributed by atoms with Crippen LogP contribution in [0.3, 0.4) is 0 Å². The second-order valence-electron chi connectivity index (χ2n) is 16.1. The van der Waals surface area contributed by atoms with Crippen LogP contribution in [0.1, 0.15) is 11.1 Å². The number of hydrogen-bond donors (Lipinski definition) is 6. The van der Waals surface area contributed by atoms with E-state index in [9.17, 15) is 10.0 Å². The molecule has 0 atom stereocenters. The second kappa shape index (κ2) is 25.6. The number of halogens is 3. The summed E-state index contributed by atoms with van der Waals surface area (Å²) in [5.41, 5.74) is 7.81. The van der Waals surface area contributed by atoms with Crippen molar-refractivity contribution in [2.75, 3.05) is 47.4 Å². The Morgan fingerprint density at radius 2 is 0.932 bits per heavy atom. The molecule has 364 valence electrons. The maximum atomic E-state index is 9.29. The first-order chi connectivity index (χ1) is 36.1. The lowest BCUT2D eigenvalue weighted by molar-refractivity contribution is 0.426. The molecule has 0 aliphatic rings. The van der Waals surface area contributed by atoms with Crippen LogP contribution in [0.2, 0.25) is 15.3 Å². The summed E-state index contributed by atoms with van der Waals surface area (Å²) in [6, 6.07) is 57.3. The van der Waals surface area contributed by atoms with Crippen LogP contribution >= 0.6 is 34.8 Å². The molecule has 18 heteroatoms. The minimum atomic E-state index is -1.52. The fourth-order valence-electron chi connectivity index (χ4n) is 7.59. The van der Waals surface area contributed by atoms with E-state index in [1.54, 1.807) is 48.7 Å². The van der Waals surface area contributed by atoms with Crippen molar-refractivity contribution >= 4 is 92.5 Å². The molecule has 6 N–H and O–H groups in total. The predicted octanol–water partition coefficient (Wildman–Crippen LogP) is 11.2. The number of pyridine rings is 2. The molecule has 0 amide bonds. The molecule has 74 heavy (non-hydrogen) atoms. The number of hydrogen-bond acceptors (Lipinski definition) is 14. The molecule has 0 spiro atoms. The Balaban J connectivity index is 0.000000160. The molecule has 14 nitrogen and oxygen atoms in total. The topological polar surface area (TPSA) is 213 Å². The summed E-state index contributed by atoms with van der Waals surface area (Å²) in [5.74, 6) is 3.49. The third kappa shape index (κ3) is 13.8. The van der Waals surface area contributed by atoms with Crippen molar-refractivity contribution in [3.63, 3.8) is 0 Å². The number of aromatic nitrogens is 6. The van der Waals surface area contributed by atoms with Gasteiger partial charge in [0.15, 0.2) is 5.82 Å². The summed E-state index contributed by atoms with van der Waals surface area (Å²) < 4.78 is 0. The van der Waals surface area contributed by atoms with Gasteiger partial charge >= 0.3 is 7.12 Å². The van der Waals surface area contributed by atoms with Gasteiger partial charge in [0.05, 0.1) is 22.2 Å². The van der Waals surface area contributed by atoms with Crippen molar-refractivity contribution in [3.05, 3.63) is 209 Å². The molecular weight excluding hydrogens is 990 g/mol. The number of nitriles is 2. The van der Waals surface area contributed by atoms with E-state index in [0.29, 0.717) is 70.3 Å². The molecule has 0 saturated carbocycles. The molecule has 4 heterocycles. The van der Waals surface area contributed by atoms with E-state index in [1.165, 1.54) is 6.20 Å². The summed E-state index contributed by atoms with van der Waals surface area (Å²) in [6.45, 7) is 2.52. The van der Waals surface area contributed by atoms with Crippen LogP contribution < -0.4 is 26.7 Å². The van der Waals surface area contributed by atoms with Gasteiger partial charge in [-0.15, -0.1) is 0 Å². The number of nitrogens with zero attached hydrogens (tertiary/aromatic N) is 8. The number of para-hydroxylation sites is 2. The Morgan fingerprint density at radius 1 is 0.459 bits per heavy atom. The first-order valence-corrected chi connectivity index (χ1v) is 24.2. The molecule has 0 aliphatic heterocycles. The molecule has 0 unspecified atom stereocenters. The number of benzene rings is 6. The van der Waals surface area contributed by atoms with E-state index in [0.717, 1.165) is 61.3 Å². The van der Waals surface area contributed by atoms with Gasteiger partial charge in [-0.25, -0.2) is 29.9 Å². The van der Waals surface area contributed by atoms with Crippen molar-refractivity contribution in [3.8, 4) is 45.8 Å². The Hall–Kier alpha value is -8.67. The Labute approximate surface area is 442 Å². The highest BCUT2D eigenvalue weighted by Crippen LogP contribution is 2.35. The lowest BCUT2D eigenvalue weighted by atomic mass is 9.75. The van der Waals surface area contributed by atoms with Gasteiger partial charge in [0, 0.05) is 65.0 Å². The molecule has 4 aromatic heterocycles. The van der Waals surface area contributed by atoms with E-state index >= 15 is 0 Å². The fourth-order valence-corrected chi connectivity index (χ4v) is 8.11. The molecule has 6 aromatic carbocycles. The normalized spacial score (nSPS) is 10.4. The summed E-state index contributed by atoms with van der Waals surface area (Å²) in [6.07, 6.45) is 3.09. The monoisotopic (exact) mass is 1030 g/mol. The minimum Gasteiger partial charge on any atom is -0.423 e. The van der Waals surface area contributed by atoms with Gasteiger partial charge in [0.2, 0.25) is 5.28 Å². The van der Waals surface area contributed by atoms with E-state index in [4.69, 9.17) is 55.3 Å². The summed E-state index contributed by atoms with van der Waals surface area (Å²) in [4.78, 5) is 26.6. The summed E-state index contributed by atoms with van der Waals surface area (Å²) >= 11 is 18.2. The van der Waals surface area contributed by atoms with Crippen molar-refractivity contribution in [2.45, 2.75) is 0 Å². The lowest BCUT2D eigenvalue weighted by Gasteiger charge is -2.14. The van der Waals surface area contributed by atoms with Crippen LogP contribution in [0.15, 0.2) is 182 Å². The number of anilines is 4. The molecule has 0 radical (unpaired) electrons. The number of nitrogens with one attached hydrogen (secondary N) is 4. The summed E-state index contributed by atoms with van der Waals surface area (Å²) in [5, 5.41) is 52.5. The first-order valence-electron chi connectivity index (χ1n) is 23.1. The van der Waals surface area contributed by atoms with Gasteiger partial charge in [-0.05, 0) is 112 Å². The number of rotatable bonds is 14. The molecule has 0 fully saturated rings. The molecule has 0 saturated heterocycles. The third-order valence-electron chi connectivity index (χ3n) is 11.1.